The first kappa shape index (κ1) is 14.8. The van der Waals surface area contributed by atoms with Crippen LogP contribution in [0.3, 0.4) is 0 Å². The second kappa shape index (κ2) is 7.28. The average Bonchev–Trinajstić information content (AvgIpc) is 2.51. The van der Waals surface area contributed by atoms with E-state index in [1.54, 1.807) is 0 Å². The van der Waals surface area contributed by atoms with Crippen LogP contribution in [0.1, 0.15) is 17.2 Å². The number of terminal acetylenes is 1. The maximum atomic E-state index is 12.5. The molecule has 1 atom stereocenters. The third kappa shape index (κ3) is 4.20. The number of benzene rings is 2. The Labute approximate surface area is 125 Å². The Morgan fingerprint density at radius 3 is 2.48 bits per heavy atom. The van der Waals surface area contributed by atoms with Gasteiger partial charge in [-0.2, -0.15) is 0 Å². The van der Waals surface area contributed by atoms with Crippen molar-refractivity contribution in [1.29, 1.82) is 0 Å². The van der Waals surface area contributed by atoms with E-state index in [2.05, 4.69) is 11.2 Å². The first-order chi connectivity index (χ1) is 10.2. The SMILES string of the molecule is C#CC[NH2+][C@@H](C(=O)Nc1ccc(C)cc1)c1ccccc1. The first-order valence-corrected chi connectivity index (χ1v) is 6.90. The fourth-order valence-electron chi connectivity index (χ4n) is 2.10. The lowest BCUT2D eigenvalue weighted by atomic mass is 10.1. The van der Waals surface area contributed by atoms with Crippen molar-refractivity contribution in [2.75, 3.05) is 11.9 Å². The summed E-state index contributed by atoms with van der Waals surface area (Å²) in [6, 6.07) is 17.0. The van der Waals surface area contributed by atoms with E-state index < -0.39 is 0 Å². The van der Waals surface area contributed by atoms with Gasteiger partial charge in [-0.15, -0.1) is 6.42 Å². The van der Waals surface area contributed by atoms with Crippen LogP contribution in [-0.4, -0.2) is 12.5 Å². The number of anilines is 1. The van der Waals surface area contributed by atoms with Gasteiger partial charge >= 0.3 is 0 Å². The van der Waals surface area contributed by atoms with Gasteiger partial charge in [-0.05, 0) is 25.0 Å². The number of hydrogen-bond acceptors (Lipinski definition) is 1. The fraction of sp³-hybridized carbons (Fsp3) is 0.167. The number of nitrogens with two attached hydrogens (primary N) is 1. The molecule has 21 heavy (non-hydrogen) atoms. The van der Waals surface area contributed by atoms with E-state index in [-0.39, 0.29) is 11.9 Å². The molecule has 0 saturated carbocycles. The van der Waals surface area contributed by atoms with Gasteiger partial charge in [-0.3, -0.25) is 4.79 Å². The quantitative estimate of drug-likeness (QED) is 0.806. The number of amides is 1. The zero-order valence-corrected chi connectivity index (χ0v) is 12.0. The number of carbonyl (C=O) groups is 1. The van der Waals surface area contributed by atoms with Gasteiger partial charge in [0.25, 0.3) is 5.91 Å². The third-order valence-electron chi connectivity index (χ3n) is 3.23. The Morgan fingerprint density at radius 1 is 1.19 bits per heavy atom. The Bertz CT molecular complexity index is 627. The maximum absolute atomic E-state index is 12.5. The van der Waals surface area contributed by atoms with Crippen LogP contribution in [-0.2, 0) is 4.79 Å². The number of carbonyl (C=O) groups excluding carboxylic acids is 1. The Morgan fingerprint density at radius 2 is 1.86 bits per heavy atom. The monoisotopic (exact) mass is 279 g/mol. The van der Waals surface area contributed by atoms with Crippen molar-refractivity contribution in [2.45, 2.75) is 13.0 Å². The lowest BCUT2D eigenvalue weighted by molar-refractivity contribution is -0.672. The molecule has 3 N–H and O–H groups in total. The Kier molecular flexibility index (Phi) is 5.14. The largest absolute Gasteiger partial charge is 0.322 e. The molecule has 0 fully saturated rings. The van der Waals surface area contributed by atoms with Gasteiger partial charge < -0.3 is 10.6 Å². The van der Waals surface area contributed by atoms with Crippen LogP contribution < -0.4 is 10.6 Å². The van der Waals surface area contributed by atoms with Crippen LogP contribution in [0.25, 0.3) is 0 Å². The minimum atomic E-state index is -0.344. The van der Waals surface area contributed by atoms with Crippen molar-refractivity contribution in [2.24, 2.45) is 0 Å². The highest BCUT2D eigenvalue weighted by Crippen LogP contribution is 2.13. The van der Waals surface area contributed by atoms with E-state index in [9.17, 15) is 4.79 Å². The topological polar surface area (TPSA) is 45.7 Å². The van der Waals surface area contributed by atoms with Gasteiger partial charge in [0.2, 0.25) is 0 Å². The van der Waals surface area contributed by atoms with Crippen LogP contribution in [0.4, 0.5) is 5.69 Å². The number of nitrogens with one attached hydrogen (secondary N) is 1. The van der Waals surface area contributed by atoms with Gasteiger partial charge in [0, 0.05) is 11.3 Å². The van der Waals surface area contributed by atoms with E-state index in [4.69, 9.17) is 6.42 Å². The van der Waals surface area contributed by atoms with E-state index in [0.717, 1.165) is 16.8 Å². The maximum Gasteiger partial charge on any atom is 0.287 e. The molecule has 106 valence electrons. The van der Waals surface area contributed by atoms with Crippen molar-refractivity contribution in [3.8, 4) is 12.3 Å². The molecular formula is C18H19N2O+. The van der Waals surface area contributed by atoms with Gasteiger partial charge in [0.15, 0.2) is 6.04 Å². The summed E-state index contributed by atoms with van der Waals surface area (Å²) in [6.45, 7) is 2.47. The van der Waals surface area contributed by atoms with Gasteiger partial charge in [-0.25, -0.2) is 0 Å². The minimum Gasteiger partial charge on any atom is -0.322 e. The van der Waals surface area contributed by atoms with Gasteiger partial charge in [-0.1, -0.05) is 48.0 Å². The third-order valence-corrected chi connectivity index (χ3v) is 3.23. The molecule has 2 aromatic carbocycles. The van der Waals surface area contributed by atoms with Crippen LogP contribution in [0.5, 0.6) is 0 Å². The van der Waals surface area contributed by atoms with E-state index in [0.29, 0.717) is 6.54 Å². The highest BCUT2D eigenvalue weighted by atomic mass is 16.2. The number of aryl methyl sites for hydroxylation is 1. The molecule has 2 rings (SSSR count). The van der Waals surface area contributed by atoms with Crippen LogP contribution >= 0.6 is 0 Å². The summed E-state index contributed by atoms with van der Waals surface area (Å²) in [5.41, 5.74) is 2.89. The summed E-state index contributed by atoms with van der Waals surface area (Å²) < 4.78 is 0. The molecule has 0 heterocycles. The predicted molar refractivity (Wildman–Crippen MR) is 84.6 cm³/mol. The molecule has 0 unspecified atom stereocenters. The molecule has 3 nitrogen and oxygen atoms in total. The van der Waals surface area contributed by atoms with Crippen molar-refractivity contribution >= 4 is 11.6 Å². The van der Waals surface area contributed by atoms with Crippen LogP contribution in [0.15, 0.2) is 54.6 Å². The molecule has 0 bridgehead atoms. The Balaban J connectivity index is 2.14. The smallest absolute Gasteiger partial charge is 0.287 e. The summed E-state index contributed by atoms with van der Waals surface area (Å²) in [6.07, 6.45) is 5.31. The van der Waals surface area contributed by atoms with Crippen LogP contribution in [0.2, 0.25) is 0 Å². The molecule has 2 aromatic rings. The molecule has 0 aromatic heterocycles. The molecule has 0 saturated heterocycles. The molecule has 3 heteroatoms. The highest BCUT2D eigenvalue weighted by molar-refractivity contribution is 5.94. The lowest BCUT2D eigenvalue weighted by Gasteiger charge is -2.15. The standard InChI is InChI=1S/C18H18N2O/c1-3-13-19-17(15-7-5-4-6-8-15)18(21)20-16-11-9-14(2)10-12-16/h1,4-12,17,19H,13H2,2H3,(H,20,21)/p+1/t17-/m1/s1. The van der Waals surface area contributed by atoms with Gasteiger partial charge in [0.1, 0.15) is 6.54 Å². The first-order valence-electron chi connectivity index (χ1n) is 6.90. The number of quaternary nitrogens is 1. The fourth-order valence-corrected chi connectivity index (χ4v) is 2.10. The summed E-state index contributed by atoms with van der Waals surface area (Å²) in [5, 5.41) is 4.80. The number of rotatable bonds is 5. The summed E-state index contributed by atoms with van der Waals surface area (Å²) in [5.74, 6) is 2.49. The van der Waals surface area contributed by atoms with E-state index in [1.165, 1.54) is 0 Å². The van der Waals surface area contributed by atoms with Crippen molar-refractivity contribution < 1.29 is 10.1 Å². The molecular weight excluding hydrogens is 260 g/mol. The second-order valence-electron chi connectivity index (χ2n) is 4.89. The molecule has 1 amide bonds. The normalized spacial score (nSPS) is 11.4. The molecule has 0 aliphatic rings. The van der Waals surface area contributed by atoms with Gasteiger partial charge in [0.05, 0.1) is 0 Å². The summed E-state index contributed by atoms with van der Waals surface area (Å²) >= 11 is 0. The Hall–Kier alpha value is -2.57. The zero-order chi connectivity index (χ0) is 15.1. The average molecular weight is 279 g/mol. The molecule has 0 radical (unpaired) electrons. The summed E-state index contributed by atoms with van der Waals surface area (Å²) in [4.78, 5) is 12.5. The molecule has 0 aliphatic carbocycles. The zero-order valence-electron chi connectivity index (χ0n) is 12.0. The van der Waals surface area contributed by atoms with Crippen molar-refractivity contribution in [3.05, 3.63) is 65.7 Å². The molecule has 0 spiro atoms. The van der Waals surface area contributed by atoms with E-state index >= 15 is 0 Å². The lowest BCUT2D eigenvalue weighted by Crippen LogP contribution is -2.87. The minimum absolute atomic E-state index is 0.0692. The van der Waals surface area contributed by atoms with Crippen LogP contribution in [0, 0.1) is 19.3 Å². The summed E-state index contributed by atoms with van der Waals surface area (Å²) in [7, 11) is 0. The molecule has 0 aliphatic heterocycles. The number of hydrogen-bond donors (Lipinski definition) is 2. The van der Waals surface area contributed by atoms with Crippen molar-refractivity contribution in [1.82, 2.24) is 0 Å². The van der Waals surface area contributed by atoms with E-state index in [1.807, 2.05) is 66.8 Å². The second-order valence-corrected chi connectivity index (χ2v) is 4.89. The van der Waals surface area contributed by atoms with Crippen molar-refractivity contribution in [3.63, 3.8) is 0 Å². The highest BCUT2D eigenvalue weighted by Gasteiger charge is 2.23. The predicted octanol–water partition coefficient (Wildman–Crippen LogP) is 1.87.